The van der Waals surface area contributed by atoms with Crippen LogP contribution in [0.25, 0.3) is 16.6 Å². The van der Waals surface area contributed by atoms with Gasteiger partial charge in [0.25, 0.3) is 5.56 Å². The summed E-state index contributed by atoms with van der Waals surface area (Å²) in [6.45, 7) is 3.85. The van der Waals surface area contributed by atoms with E-state index in [-0.39, 0.29) is 22.0 Å². The number of ether oxygens (including phenoxy) is 1. The van der Waals surface area contributed by atoms with Gasteiger partial charge in [-0.05, 0) is 68.4 Å². The Morgan fingerprint density at radius 3 is 2.20 bits per heavy atom. The largest absolute Gasteiger partial charge is 0.461 e. The molecule has 0 aliphatic carbocycles. The van der Waals surface area contributed by atoms with Gasteiger partial charge in [-0.1, -0.05) is 47.5 Å². The van der Waals surface area contributed by atoms with Gasteiger partial charge in [-0.25, -0.2) is 14.2 Å². The predicted octanol–water partition coefficient (Wildman–Crippen LogP) is 3.79. The van der Waals surface area contributed by atoms with Crippen LogP contribution in [0.1, 0.15) is 35.3 Å². The third-order valence-electron chi connectivity index (χ3n) is 6.69. The van der Waals surface area contributed by atoms with E-state index in [4.69, 9.17) is 33.7 Å². The van der Waals surface area contributed by atoms with E-state index >= 15 is 0 Å². The summed E-state index contributed by atoms with van der Waals surface area (Å²) in [4.78, 5) is 53.5. The third-order valence-corrected chi connectivity index (χ3v) is 7.32. The standard InChI is InChI=1S/C30H30Cl2N4O5/c1-17(2)41-28(39)30(33,26(37)25-22(31)6-5-7-23(25)32)15-18-8-11-20(12-9-18)36-27(38)21-14-19(16-34-3)10-13-24(21)35(4)29(36)40/h5-14,17,34H,15-16,33H2,1-4H3/t30-/m1/s1. The maximum absolute atomic E-state index is 13.7. The van der Waals surface area contributed by atoms with Crippen molar-refractivity contribution in [2.24, 2.45) is 12.8 Å². The number of hydrogen-bond acceptors (Lipinski definition) is 7. The SMILES string of the molecule is CNCc1ccc2c(c1)c(=O)n(-c1ccc(C[C@](N)(C(=O)OC(C)C)C(=O)c3c(Cl)cccc3Cl)cc1)c(=O)n2C. The number of Topliss-reactive ketones (excluding diaryl/α,β-unsaturated/α-hetero) is 1. The minimum absolute atomic E-state index is 0.0504. The summed E-state index contributed by atoms with van der Waals surface area (Å²) in [7, 11) is 3.40. The Morgan fingerprint density at radius 1 is 1.00 bits per heavy atom. The Bertz CT molecular complexity index is 1740. The molecule has 0 aliphatic rings. The van der Waals surface area contributed by atoms with Crippen molar-refractivity contribution in [3.8, 4) is 5.69 Å². The molecule has 1 aromatic heterocycles. The molecule has 214 valence electrons. The molecule has 0 aliphatic heterocycles. The zero-order valence-corrected chi connectivity index (χ0v) is 24.5. The van der Waals surface area contributed by atoms with Gasteiger partial charge in [0.2, 0.25) is 0 Å². The summed E-state index contributed by atoms with van der Waals surface area (Å²) in [5, 5.41) is 3.54. The quantitative estimate of drug-likeness (QED) is 0.171. The number of halogens is 2. The minimum atomic E-state index is -2.15. The topological polar surface area (TPSA) is 125 Å². The van der Waals surface area contributed by atoms with Gasteiger partial charge in [0.1, 0.15) is 0 Å². The summed E-state index contributed by atoms with van der Waals surface area (Å²) in [5.74, 6) is -1.73. The first-order valence-corrected chi connectivity index (χ1v) is 13.6. The third kappa shape index (κ3) is 5.85. The van der Waals surface area contributed by atoms with E-state index in [0.717, 1.165) is 10.1 Å². The van der Waals surface area contributed by atoms with E-state index < -0.39 is 34.6 Å². The van der Waals surface area contributed by atoms with E-state index in [2.05, 4.69) is 5.32 Å². The number of hydrogen-bond donors (Lipinski definition) is 2. The number of nitrogens with two attached hydrogens (primary N) is 1. The Morgan fingerprint density at radius 2 is 1.61 bits per heavy atom. The van der Waals surface area contributed by atoms with Crippen molar-refractivity contribution in [3.63, 3.8) is 0 Å². The van der Waals surface area contributed by atoms with Gasteiger partial charge < -0.3 is 15.8 Å². The van der Waals surface area contributed by atoms with E-state index in [1.807, 2.05) is 6.07 Å². The molecule has 3 N–H and O–H groups in total. The number of carbonyl (C=O) groups is 2. The zero-order chi connectivity index (χ0) is 30.1. The Kier molecular flexibility index (Phi) is 8.84. The van der Waals surface area contributed by atoms with E-state index in [1.54, 1.807) is 70.4 Å². The van der Waals surface area contributed by atoms with Crippen LogP contribution in [0.3, 0.4) is 0 Å². The van der Waals surface area contributed by atoms with Crippen molar-refractivity contribution in [1.82, 2.24) is 14.5 Å². The second-order valence-electron chi connectivity index (χ2n) is 10.1. The molecule has 9 nitrogen and oxygen atoms in total. The van der Waals surface area contributed by atoms with Crippen LogP contribution in [0.5, 0.6) is 0 Å². The van der Waals surface area contributed by atoms with Crippen molar-refractivity contribution in [2.45, 2.75) is 38.5 Å². The molecule has 41 heavy (non-hydrogen) atoms. The first kappa shape index (κ1) is 30.2. The fourth-order valence-electron chi connectivity index (χ4n) is 4.64. The van der Waals surface area contributed by atoms with Crippen LogP contribution < -0.4 is 22.3 Å². The smallest absolute Gasteiger partial charge is 0.335 e. The number of aromatic nitrogens is 2. The summed E-state index contributed by atoms with van der Waals surface area (Å²) in [6, 6.07) is 16.2. The van der Waals surface area contributed by atoms with Crippen LogP contribution in [0, 0.1) is 0 Å². The number of ketones is 1. The van der Waals surface area contributed by atoms with Gasteiger partial charge in [0.05, 0.1) is 38.3 Å². The second-order valence-corrected chi connectivity index (χ2v) is 10.9. The van der Waals surface area contributed by atoms with Crippen LogP contribution >= 0.6 is 23.2 Å². The number of esters is 1. The summed E-state index contributed by atoms with van der Waals surface area (Å²) in [6.07, 6.45) is -0.788. The number of aryl methyl sites for hydroxylation is 1. The molecular formula is C30H30Cl2N4O5. The number of rotatable bonds is 9. The molecule has 4 aromatic rings. The van der Waals surface area contributed by atoms with Gasteiger partial charge in [0, 0.05) is 20.0 Å². The summed E-state index contributed by atoms with van der Waals surface area (Å²) >= 11 is 12.5. The van der Waals surface area contributed by atoms with Crippen LogP contribution in [-0.2, 0) is 29.5 Å². The molecule has 11 heteroatoms. The van der Waals surface area contributed by atoms with E-state index in [1.165, 1.54) is 16.7 Å². The van der Waals surface area contributed by atoms with Crippen LogP contribution in [-0.4, -0.2) is 39.6 Å². The van der Waals surface area contributed by atoms with Gasteiger partial charge in [0.15, 0.2) is 11.3 Å². The van der Waals surface area contributed by atoms with Crippen LogP contribution in [0.2, 0.25) is 10.0 Å². The monoisotopic (exact) mass is 596 g/mol. The normalized spacial score (nSPS) is 12.9. The highest BCUT2D eigenvalue weighted by Gasteiger charge is 2.46. The summed E-state index contributed by atoms with van der Waals surface area (Å²) < 4.78 is 7.84. The highest BCUT2D eigenvalue weighted by molar-refractivity contribution is 6.41. The lowest BCUT2D eigenvalue weighted by atomic mass is 9.84. The number of fused-ring (bicyclic) bond motifs is 1. The van der Waals surface area contributed by atoms with Gasteiger partial charge in [-0.2, -0.15) is 0 Å². The number of benzene rings is 3. The van der Waals surface area contributed by atoms with Gasteiger partial charge in [-0.3, -0.25) is 14.2 Å². The lowest BCUT2D eigenvalue weighted by Gasteiger charge is -2.28. The first-order chi connectivity index (χ1) is 19.4. The maximum Gasteiger partial charge on any atom is 0.335 e. The first-order valence-electron chi connectivity index (χ1n) is 12.9. The average molecular weight is 597 g/mol. The summed E-state index contributed by atoms with van der Waals surface area (Å²) in [5.41, 5.74) is 5.48. The van der Waals surface area contributed by atoms with Crippen molar-refractivity contribution in [1.29, 1.82) is 0 Å². The molecule has 0 amide bonds. The van der Waals surface area contributed by atoms with E-state index in [9.17, 15) is 19.2 Å². The zero-order valence-electron chi connectivity index (χ0n) is 23.0. The van der Waals surface area contributed by atoms with E-state index in [0.29, 0.717) is 28.7 Å². The molecule has 0 fully saturated rings. The Labute approximate surface area is 246 Å². The van der Waals surface area contributed by atoms with Crippen LogP contribution in [0.4, 0.5) is 0 Å². The highest BCUT2D eigenvalue weighted by atomic mass is 35.5. The van der Waals surface area contributed by atoms with Crippen molar-refractivity contribution >= 4 is 45.9 Å². The molecule has 0 unspecified atom stereocenters. The molecular weight excluding hydrogens is 567 g/mol. The fraction of sp³-hybridized carbons (Fsp3) is 0.267. The van der Waals surface area contributed by atoms with Crippen molar-refractivity contribution in [3.05, 3.63) is 108 Å². The molecule has 0 saturated heterocycles. The molecule has 1 atom stereocenters. The molecule has 3 aromatic carbocycles. The lowest BCUT2D eigenvalue weighted by Crippen LogP contribution is -2.58. The fourth-order valence-corrected chi connectivity index (χ4v) is 5.21. The molecule has 4 rings (SSSR count). The molecule has 0 saturated carbocycles. The Balaban J connectivity index is 1.77. The second kappa shape index (κ2) is 12.0. The predicted molar refractivity (Wildman–Crippen MR) is 160 cm³/mol. The molecule has 0 spiro atoms. The van der Waals surface area contributed by atoms with Gasteiger partial charge >= 0.3 is 11.7 Å². The highest BCUT2D eigenvalue weighted by Crippen LogP contribution is 2.30. The molecule has 0 bridgehead atoms. The molecule has 1 heterocycles. The van der Waals surface area contributed by atoms with Crippen molar-refractivity contribution < 1.29 is 14.3 Å². The maximum atomic E-state index is 13.7. The average Bonchev–Trinajstić information content (AvgIpc) is 2.92. The Hall–Kier alpha value is -3.76. The number of carbonyl (C=O) groups excluding carboxylic acids is 2. The van der Waals surface area contributed by atoms with Gasteiger partial charge in [-0.15, -0.1) is 0 Å². The van der Waals surface area contributed by atoms with Crippen LogP contribution in [0.15, 0.2) is 70.3 Å². The lowest BCUT2D eigenvalue weighted by molar-refractivity contribution is -0.151. The molecule has 0 radical (unpaired) electrons. The number of nitrogens with zero attached hydrogens (tertiary/aromatic N) is 2. The van der Waals surface area contributed by atoms with Crippen molar-refractivity contribution in [2.75, 3.05) is 7.05 Å². The minimum Gasteiger partial charge on any atom is -0.461 e. The number of nitrogens with one attached hydrogen (secondary N) is 1.